The minimum absolute atomic E-state index is 0.204. The van der Waals surface area contributed by atoms with Gasteiger partial charge in [-0.25, -0.2) is 4.79 Å². The van der Waals surface area contributed by atoms with E-state index in [1.54, 1.807) is 36.1 Å². The van der Waals surface area contributed by atoms with Crippen LogP contribution in [0.3, 0.4) is 0 Å². The number of carbonyl (C=O) groups excluding carboxylic acids is 2. The summed E-state index contributed by atoms with van der Waals surface area (Å²) < 4.78 is 45.7. The van der Waals surface area contributed by atoms with E-state index < -0.39 is 29.9 Å². The van der Waals surface area contributed by atoms with Crippen molar-refractivity contribution in [3.8, 4) is 5.75 Å². The highest BCUT2D eigenvalue weighted by Crippen LogP contribution is 2.35. The number of carbonyl (C=O) groups is 2. The van der Waals surface area contributed by atoms with Crippen LogP contribution in [-0.2, 0) is 12.7 Å². The average Bonchev–Trinajstić information content (AvgIpc) is 3.02. The summed E-state index contributed by atoms with van der Waals surface area (Å²) in [4.78, 5) is 30.6. The quantitative estimate of drug-likeness (QED) is 0.197. The van der Waals surface area contributed by atoms with Crippen LogP contribution >= 0.6 is 0 Å². The second-order valence-electron chi connectivity index (χ2n) is 11.8. The molecule has 8 nitrogen and oxygen atoms in total. The summed E-state index contributed by atoms with van der Waals surface area (Å²) >= 11 is 0. The molecule has 0 spiro atoms. The Morgan fingerprint density at radius 2 is 1.65 bits per heavy atom. The van der Waals surface area contributed by atoms with E-state index in [9.17, 15) is 27.9 Å². The molecule has 0 bridgehead atoms. The number of likely N-dealkylation sites (N-methyl/N-ethyl adjacent to an activating group) is 1. The number of aliphatic hydroxyl groups excluding tert-OH is 1. The van der Waals surface area contributed by atoms with Gasteiger partial charge in [0.2, 0.25) is 0 Å². The summed E-state index contributed by atoms with van der Waals surface area (Å²) in [6, 6.07) is 22.3. The number of fused-ring (bicyclic) bond motifs is 2. The van der Waals surface area contributed by atoms with E-state index in [2.05, 4.69) is 10.6 Å². The van der Waals surface area contributed by atoms with E-state index in [1.807, 2.05) is 55.3 Å². The Morgan fingerprint density at radius 1 is 1.00 bits per heavy atom. The van der Waals surface area contributed by atoms with Crippen molar-refractivity contribution >= 4 is 34.1 Å². The maximum absolute atomic E-state index is 13.8. The first kappa shape index (κ1) is 32.8. The van der Waals surface area contributed by atoms with E-state index in [0.29, 0.717) is 36.6 Å². The van der Waals surface area contributed by atoms with Crippen molar-refractivity contribution in [1.29, 1.82) is 0 Å². The summed E-state index contributed by atoms with van der Waals surface area (Å²) in [5.41, 5.74) is 1.15. The minimum Gasteiger partial charge on any atom is -0.486 e. The number of para-hydroxylation sites is 1. The first-order valence-corrected chi connectivity index (χ1v) is 15.1. The van der Waals surface area contributed by atoms with Crippen molar-refractivity contribution in [3.63, 3.8) is 0 Å². The summed E-state index contributed by atoms with van der Waals surface area (Å²) in [5, 5.41) is 17.6. The molecule has 1 heterocycles. The van der Waals surface area contributed by atoms with E-state index in [-0.39, 0.29) is 29.7 Å². The van der Waals surface area contributed by atoms with Crippen LogP contribution in [0.5, 0.6) is 5.75 Å². The van der Waals surface area contributed by atoms with E-state index in [1.165, 1.54) is 12.1 Å². The average molecular weight is 635 g/mol. The van der Waals surface area contributed by atoms with E-state index in [0.717, 1.165) is 22.9 Å². The molecular formula is C35H37F3N4O4. The molecule has 1 aliphatic heterocycles. The number of nitrogens with one attached hydrogen (secondary N) is 2. The predicted octanol–water partition coefficient (Wildman–Crippen LogP) is 6.85. The standard InChI is InChI=1S/C35H37F3N4O4/c1-22-18-42(23(2)21-43)33(44)28-11-7-13-30(40-34(45)39-29-12-6-9-25-8-4-5-10-27(25)29)32(28)46-31(22)20-41(3)19-24-14-16-26(17-15-24)35(36,37)38/h4-17,22-23,31,43H,18-21H2,1-3H3,(H2,39,40,45)/t22-,23-,31-/m1/s1. The highest BCUT2D eigenvalue weighted by Gasteiger charge is 2.35. The minimum atomic E-state index is -4.41. The molecule has 0 saturated carbocycles. The molecule has 242 valence electrons. The van der Waals surface area contributed by atoms with Gasteiger partial charge in [-0.05, 0) is 55.3 Å². The molecule has 0 fully saturated rings. The summed E-state index contributed by atoms with van der Waals surface area (Å²) in [6.45, 7) is 4.50. The Balaban J connectivity index is 1.41. The van der Waals surface area contributed by atoms with E-state index in [4.69, 9.17) is 4.74 Å². The van der Waals surface area contributed by atoms with Crippen LogP contribution in [0.15, 0.2) is 84.9 Å². The first-order chi connectivity index (χ1) is 21.9. The van der Waals surface area contributed by atoms with Crippen molar-refractivity contribution in [3.05, 3.63) is 102 Å². The number of halogens is 3. The highest BCUT2D eigenvalue weighted by atomic mass is 19.4. The van der Waals surface area contributed by atoms with Crippen LogP contribution in [0.25, 0.3) is 10.8 Å². The monoisotopic (exact) mass is 634 g/mol. The number of rotatable bonds is 8. The molecule has 3 N–H and O–H groups in total. The number of ether oxygens (including phenoxy) is 1. The molecule has 4 aromatic rings. The van der Waals surface area contributed by atoms with Crippen LogP contribution in [-0.4, -0.2) is 65.7 Å². The number of amides is 3. The number of hydrogen-bond acceptors (Lipinski definition) is 5. The van der Waals surface area contributed by atoms with Crippen molar-refractivity contribution in [2.45, 2.75) is 38.7 Å². The van der Waals surface area contributed by atoms with Gasteiger partial charge >= 0.3 is 12.2 Å². The second-order valence-corrected chi connectivity index (χ2v) is 11.8. The molecule has 5 rings (SSSR count). The predicted molar refractivity (Wildman–Crippen MR) is 172 cm³/mol. The fourth-order valence-electron chi connectivity index (χ4n) is 5.65. The maximum atomic E-state index is 13.8. The largest absolute Gasteiger partial charge is 0.486 e. The number of anilines is 2. The number of aliphatic hydroxyl groups is 1. The zero-order valence-electron chi connectivity index (χ0n) is 25.8. The zero-order chi connectivity index (χ0) is 33.0. The van der Waals surface area contributed by atoms with Gasteiger partial charge in [0.05, 0.1) is 35.2 Å². The smallest absolute Gasteiger partial charge is 0.416 e. The SMILES string of the molecule is C[C@@H]1CN([C@H](C)CO)C(=O)c2cccc(NC(=O)Nc3cccc4ccccc34)c2O[C@@H]1CN(C)Cc1ccc(C(F)(F)F)cc1. The Hall–Kier alpha value is -4.61. The fraction of sp³-hybridized carbons (Fsp3) is 0.314. The van der Waals surface area contributed by atoms with Crippen LogP contribution in [0.2, 0.25) is 0 Å². The molecule has 4 aromatic carbocycles. The molecule has 0 unspecified atom stereocenters. The van der Waals surface area contributed by atoms with Gasteiger partial charge in [-0.1, -0.05) is 61.5 Å². The molecule has 0 radical (unpaired) electrons. The van der Waals surface area contributed by atoms with Crippen LogP contribution in [0.4, 0.5) is 29.3 Å². The lowest BCUT2D eigenvalue weighted by atomic mass is 9.98. The summed E-state index contributed by atoms with van der Waals surface area (Å²) in [7, 11) is 1.84. The van der Waals surface area contributed by atoms with Crippen molar-refractivity contribution in [1.82, 2.24) is 9.80 Å². The molecule has 1 aliphatic rings. The van der Waals surface area contributed by atoms with Gasteiger partial charge in [0.1, 0.15) is 6.10 Å². The Morgan fingerprint density at radius 3 is 2.37 bits per heavy atom. The number of urea groups is 1. The van der Waals surface area contributed by atoms with Crippen molar-refractivity contribution < 1.29 is 32.6 Å². The molecule has 3 amide bonds. The molecular weight excluding hydrogens is 597 g/mol. The fourth-order valence-corrected chi connectivity index (χ4v) is 5.65. The van der Waals surface area contributed by atoms with Gasteiger partial charge < -0.3 is 25.4 Å². The van der Waals surface area contributed by atoms with Crippen molar-refractivity contribution in [2.24, 2.45) is 5.92 Å². The molecule has 0 aromatic heterocycles. The maximum Gasteiger partial charge on any atom is 0.416 e. The zero-order valence-corrected chi connectivity index (χ0v) is 25.8. The third-order valence-electron chi connectivity index (χ3n) is 8.20. The van der Waals surface area contributed by atoms with Gasteiger partial charge in [-0.15, -0.1) is 0 Å². The molecule has 11 heteroatoms. The van der Waals surface area contributed by atoms with Crippen LogP contribution in [0.1, 0.15) is 35.3 Å². The van der Waals surface area contributed by atoms with Crippen LogP contribution in [0, 0.1) is 5.92 Å². The number of alkyl halides is 3. The third-order valence-corrected chi connectivity index (χ3v) is 8.20. The molecule has 0 aliphatic carbocycles. The lowest BCUT2D eigenvalue weighted by Gasteiger charge is -2.38. The van der Waals surface area contributed by atoms with Gasteiger partial charge in [-0.2, -0.15) is 13.2 Å². The van der Waals surface area contributed by atoms with Gasteiger partial charge in [0.15, 0.2) is 5.75 Å². The van der Waals surface area contributed by atoms with Crippen LogP contribution < -0.4 is 15.4 Å². The van der Waals surface area contributed by atoms with Gasteiger partial charge in [-0.3, -0.25) is 9.69 Å². The third kappa shape index (κ3) is 7.43. The summed E-state index contributed by atoms with van der Waals surface area (Å²) in [6.07, 6.45) is -4.89. The number of hydrogen-bond donors (Lipinski definition) is 3. The Bertz CT molecular complexity index is 1690. The number of nitrogens with zero attached hydrogens (tertiary/aromatic N) is 2. The van der Waals surface area contributed by atoms with Gasteiger partial charge in [0, 0.05) is 30.9 Å². The van der Waals surface area contributed by atoms with Gasteiger partial charge in [0.25, 0.3) is 5.91 Å². The normalized spacial score (nSPS) is 17.6. The van der Waals surface area contributed by atoms with E-state index >= 15 is 0 Å². The van der Waals surface area contributed by atoms with Crippen molar-refractivity contribution in [2.75, 3.05) is 37.4 Å². The lowest BCUT2D eigenvalue weighted by molar-refractivity contribution is -0.137. The second kappa shape index (κ2) is 13.8. The molecule has 3 atom stereocenters. The Labute approximate surface area is 265 Å². The lowest BCUT2D eigenvalue weighted by Crippen LogP contribution is -2.49. The Kier molecular flexibility index (Phi) is 9.83. The number of benzene rings is 4. The highest BCUT2D eigenvalue weighted by molar-refractivity contribution is 6.08. The first-order valence-electron chi connectivity index (χ1n) is 15.1. The molecule has 0 saturated heterocycles. The topological polar surface area (TPSA) is 94.1 Å². The summed E-state index contributed by atoms with van der Waals surface area (Å²) in [5.74, 6) is -0.341. The molecule has 46 heavy (non-hydrogen) atoms.